The fourth-order valence-electron chi connectivity index (χ4n) is 3.77. The average Bonchev–Trinajstić information content (AvgIpc) is 2.84. The van der Waals surface area contributed by atoms with Crippen molar-refractivity contribution in [2.45, 2.75) is 27.7 Å². The Hall–Kier alpha value is -3.29. The number of carbonyl (C=O) groups excluding carboxylic acids is 2. The maximum absolute atomic E-state index is 13.7. The number of amides is 2. The Kier molecular flexibility index (Phi) is 7.71. The smallest absolute Gasteiger partial charge is 0.270 e. The predicted molar refractivity (Wildman–Crippen MR) is 152 cm³/mol. The van der Waals surface area contributed by atoms with Gasteiger partial charge in [-0.15, -0.1) is 0 Å². The van der Waals surface area contributed by atoms with Gasteiger partial charge in [-0.05, 0) is 107 Å². The van der Waals surface area contributed by atoms with Crippen LogP contribution < -0.4 is 14.5 Å². The number of anilines is 2. The summed E-state index contributed by atoms with van der Waals surface area (Å²) in [7, 11) is 0. The lowest BCUT2D eigenvalue weighted by Gasteiger charge is -2.36. The van der Waals surface area contributed by atoms with Crippen molar-refractivity contribution < 1.29 is 14.3 Å². The highest BCUT2D eigenvalue weighted by atomic mass is 79.9. The van der Waals surface area contributed by atoms with E-state index in [2.05, 4.69) is 29.8 Å². The van der Waals surface area contributed by atoms with Gasteiger partial charge >= 0.3 is 0 Å². The van der Waals surface area contributed by atoms with Crippen LogP contribution >= 0.6 is 28.1 Å². The van der Waals surface area contributed by atoms with Crippen LogP contribution in [0.2, 0.25) is 0 Å². The molecular formula is C29H27BrN2O3S. The molecule has 3 aromatic rings. The number of aryl methyl sites for hydroxylation is 2. The zero-order chi connectivity index (χ0) is 26.0. The topological polar surface area (TPSA) is 49.9 Å². The maximum atomic E-state index is 13.7. The molecule has 0 aliphatic carbocycles. The first kappa shape index (κ1) is 25.8. The fraction of sp³-hybridized carbons (Fsp3) is 0.207. The molecule has 2 amide bonds. The zero-order valence-corrected chi connectivity index (χ0v) is 23.0. The molecule has 5 nitrogen and oxygen atoms in total. The first-order valence-electron chi connectivity index (χ1n) is 11.7. The van der Waals surface area contributed by atoms with Crippen molar-refractivity contribution in [2.24, 2.45) is 5.92 Å². The number of hydrogen-bond donors (Lipinski definition) is 0. The summed E-state index contributed by atoms with van der Waals surface area (Å²) in [4.78, 5) is 30.2. The summed E-state index contributed by atoms with van der Waals surface area (Å²) in [5, 5.41) is 0.121. The van der Waals surface area contributed by atoms with Gasteiger partial charge in [-0.25, -0.2) is 0 Å². The second-order valence-electron chi connectivity index (χ2n) is 9.12. The molecule has 1 heterocycles. The number of nitrogens with zero attached hydrogens (tertiary/aromatic N) is 2. The van der Waals surface area contributed by atoms with Gasteiger partial charge in [0, 0.05) is 0 Å². The monoisotopic (exact) mass is 562 g/mol. The minimum atomic E-state index is -0.465. The van der Waals surface area contributed by atoms with Crippen molar-refractivity contribution in [3.63, 3.8) is 0 Å². The van der Waals surface area contributed by atoms with Gasteiger partial charge < -0.3 is 4.74 Å². The molecule has 0 atom stereocenters. The highest BCUT2D eigenvalue weighted by Gasteiger charge is 2.41. The van der Waals surface area contributed by atoms with E-state index >= 15 is 0 Å². The molecule has 0 aromatic heterocycles. The van der Waals surface area contributed by atoms with E-state index < -0.39 is 11.8 Å². The Morgan fingerprint density at radius 1 is 0.889 bits per heavy atom. The lowest BCUT2D eigenvalue weighted by Crippen LogP contribution is -2.57. The lowest BCUT2D eigenvalue weighted by molar-refractivity contribution is -0.120. The van der Waals surface area contributed by atoms with Crippen LogP contribution in [0.15, 0.2) is 76.8 Å². The molecule has 3 aromatic carbocycles. The van der Waals surface area contributed by atoms with Gasteiger partial charge in [0.1, 0.15) is 11.3 Å². The number of para-hydroxylation sites is 1. The minimum absolute atomic E-state index is 0.0217. The third kappa shape index (κ3) is 5.27. The van der Waals surface area contributed by atoms with Crippen molar-refractivity contribution in [3.05, 3.63) is 93.5 Å². The van der Waals surface area contributed by atoms with Gasteiger partial charge in [-0.3, -0.25) is 19.4 Å². The highest BCUT2D eigenvalue weighted by Crippen LogP contribution is 2.32. The number of halogens is 1. The van der Waals surface area contributed by atoms with Gasteiger partial charge in [0.05, 0.1) is 22.5 Å². The Bertz CT molecular complexity index is 1370. The second-order valence-corrected chi connectivity index (χ2v) is 10.3. The number of thiocarbonyl (C=S) groups is 1. The van der Waals surface area contributed by atoms with Crippen molar-refractivity contribution in [1.29, 1.82) is 0 Å². The third-order valence-electron chi connectivity index (χ3n) is 5.85. The molecule has 4 rings (SSSR count). The molecule has 0 saturated carbocycles. The number of carbonyl (C=O) groups is 2. The van der Waals surface area contributed by atoms with Crippen molar-refractivity contribution in [1.82, 2.24) is 0 Å². The molecule has 7 heteroatoms. The predicted octanol–water partition coefficient (Wildman–Crippen LogP) is 6.85. The summed E-state index contributed by atoms with van der Waals surface area (Å²) in [5.41, 5.74) is 4.05. The van der Waals surface area contributed by atoms with Crippen LogP contribution in [0.1, 0.15) is 30.5 Å². The molecular weight excluding hydrogens is 536 g/mol. The van der Waals surface area contributed by atoms with E-state index in [1.165, 1.54) is 9.80 Å². The van der Waals surface area contributed by atoms with E-state index in [4.69, 9.17) is 17.0 Å². The fourth-order valence-corrected chi connectivity index (χ4v) is 4.66. The lowest BCUT2D eigenvalue weighted by atomic mass is 10.0. The first-order chi connectivity index (χ1) is 17.2. The Labute approximate surface area is 225 Å². The Morgan fingerprint density at radius 2 is 1.56 bits per heavy atom. The molecule has 184 valence electrons. The SMILES string of the molecule is Cc1ccc(N2C(=O)/C(=C\c3ccc(OCC(C)C)c(Br)c3)C(=O)N(c3ccccc3)C2=S)cc1C. The number of hydrogen-bond acceptors (Lipinski definition) is 4. The Morgan fingerprint density at radius 3 is 2.17 bits per heavy atom. The second kappa shape index (κ2) is 10.8. The molecule has 0 unspecified atom stereocenters. The molecule has 0 N–H and O–H groups in total. The summed E-state index contributed by atoms with van der Waals surface area (Å²) in [6, 6.07) is 20.3. The van der Waals surface area contributed by atoms with Gasteiger partial charge in [-0.1, -0.05) is 44.2 Å². The average molecular weight is 564 g/mol. The minimum Gasteiger partial charge on any atom is -0.492 e. The quantitative estimate of drug-likeness (QED) is 0.187. The van der Waals surface area contributed by atoms with E-state index in [9.17, 15) is 9.59 Å². The largest absolute Gasteiger partial charge is 0.492 e. The summed E-state index contributed by atoms with van der Waals surface area (Å²) in [6.45, 7) is 8.74. The van der Waals surface area contributed by atoms with Crippen molar-refractivity contribution in [2.75, 3.05) is 16.4 Å². The van der Waals surface area contributed by atoms with Gasteiger partial charge in [0.25, 0.3) is 11.8 Å². The van der Waals surface area contributed by atoms with Gasteiger partial charge in [0.2, 0.25) is 0 Å². The van der Waals surface area contributed by atoms with E-state index in [0.29, 0.717) is 35.2 Å². The molecule has 1 aliphatic rings. The van der Waals surface area contributed by atoms with Gasteiger partial charge in [-0.2, -0.15) is 0 Å². The molecule has 0 bridgehead atoms. The van der Waals surface area contributed by atoms with Crippen LogP contribution in [0, 0.1) is 19.8 Å². The van der Waals surface area contributed by atoms with E-state index in [-0.39, 0.29) is 10.7 Å². The van der Waals surface area contributed by atoms with Gasteiger partial charge in [0.15, 0.2) is 5.11 Å². The number of benzene rings is 3. The van der Waals surface area contributed by atoms with E-state index in [0.717, 1.165) is 15.6 Å². The molecule has 1 fully saturated rings. The van der Waals surface area contributed by atoms with Crippen LogP contribution in [0.3, 0.4) is 0 Å². The molecule has 1 saturated heterocycles. The number of rotatable bonds is 6. The standard InChI is InChI=1S/C29H27BrN2O3S/c1-18(2)17-35-26-13-11-21(16-25(26)30)15-24-27(33)31(22-8-6-5-7-9-22)29(36)32(28(24)34)23-12-10-19(3)20(4)14-23/h5-16,18H,17H2,1-4H3/b24-15-. The normalized spacial score (nSPS) is 15.3. The number of ether oxygens (including phenoxy) is 1. The summed E-state index contributed by atoms with van der Waals surface area (Å²) in [5.74, 6) is 0.167. The van der Waals surface area contributed by atoms with Crippen molar-refractivity contribution in [3.8, 4) is 5.75 Å². The van der Waals surface area contributed by atoms with Crippen LogP contribution in [-0.4, -0.2) is 23.5 Å². The third-order valence-corrected chi connectivity index (χ3v) is 6.84. The van der Waals surface area contributed by atoms with Crippen LogP contribution in [-0.2, 0) is 9.59 Å². The van der Waals surface area contributed by atoms with E-state index in [1.54, 1.807) is 18.2 Å². The molecule has 36 heavy (non-hydrogen) atoms. The zero-order valence-electron chi connectivity index (χ0n) is 20.6. The summed E-state index contributed by atoms with van der Waals surface area (Å²) in [6.07, 6.45) is 1.60. The van der Waals surface area contributed by atoms with Crippen LogP contribution in [0.5, 0.6) is 5.75 Å². The van der Waals surface area contributed by atoms with Crippen LogP contribution in [0.4, 0.5) is 11.4 Å². The first-order valence-corrected chi connectivity index (χ1v) is 12.9. The van der Waals surface area contributed by atoms with E-state index in [1.807, 2.05) is 68.4 Å². The molecule has 1 aliphatic heterocycles. The molecule has 0 spiro atoms. The summed E-state index contributed by atoms with van der Waals surface area (Å²) < 4.78 is 6.58. The Balaban J connectivity index is 1.79. The molecule has 0 radical (unpaired) electrons. The highest BCUT2D eigenvalue weighted by molar-refractivity contribution is 9.10. The summed E-state index contributed by atoms with van der Waals surface area (Å²) >= 11 is 9.26. The van der Waals surface area contributed by atoms with Crippen molar-refractivity contribution >= 4 is 62.5 Å². The maximum Gasteiger partial charge on any atom is 0.270 e. The van der Waals surface area contributed by atoms with Crippen LogP contribution in [0.25, 0.3) is 6.08 Å².